The molecule has 98 valence electrons. The quantitative estimate of drug-likeness (QED) is 0.768. The van der Waals surface area contributed by atoms with Gasteiger partial charge in [-0.3, -0.25) is 4.98 Å². The topological polar surface area (TPSA) is 65.5 Å². The smallest absolute Gasteiger partial charge is 0.340 e. The second kappa shape index (κ2) is 5.62. The second-order valence-electron chi connectivity index (χ2n) is 3.87. The van der Waals surface area contributed by atoms with E-state index in [1.807, 2.05) is 0 Å². The summed E-state index contributed by atoms with van der Waals surface area (Å²) >= 11 is 0. The fourth-order valence-electron chi connectivity index (χ4n) is 1.94. The molecule has 0 fully saturated rings. The van der Waals surface area contributed by atoms with Crippen LogP contribution in [0.15, 0.2) is 0 Å². The lowest BCUT2D eigenvalue weighted by Gasteiger charge is -2.13. The van der Waals surface area contributed by atoms with Crippen LogP contribution in [0.2, 0.25) is 0 Å². The first-order valence-electron chi connectivity index (χ1n) is 5.67. The summed E-state index contributed by atoms with van der Waals surface area (Å²) in [6.07, 6.45) is 0. The van der Waals surface area contributed by atoms with Gasteiger partial charge >= 0.3 is 11.9 Å². The van der Waals surface area contributed by atoms with Gasteiger partial charge in [0, 0.05) is 0 Å². The summed E-state index contributed by atoms with van der Waals surface area (Å²) in [6, 6.07) is 0. The van der Waals surface area contributed by atoms with Crippen molar-refractivity contribution in [1.82, 2.24) is 4.98 Å². The minimum atomic E-state index is -0.497. The first-order valence-corrected chi connectivity index (χ1v) is 5.67. The molecule has 0 saturated heterocycles. The summed E-state index contributed by atoms with van der Waals surface area (Å²) in [7, 11) is 1.30. The van der Waals surface area contributed by atoms with Crippen molar-refractivity contribution in [2.75, 3.05) is 13.7 Å². The minimum Gasteiger partial charge on any atom is -0.465 e. The highest BCUT2D eigenvalue weighted by Crippen LogP contribution is 2.21. The van der Waals surface area contributed by atoms with Crippen molar-refractivity contribution in [3.8, 4) is 0 Å². The Kier molecular flexibility index (Phi) is 4.42. The number of nitrogens with zero attached hydrogens (tertiary/aromatic N) is 1. The highest BCUT2D eigenvalue weighted by atomic mass is 16.5. The molecule has 0 unspecified atom stereocenters. The molecular weight excluding hydrogens is 234 g/mol. The van der Waals surface area contributed by atoms with E-state index in [0.717, 1.165) is 0 Å². The predicted molar refractivity (Wildman–Crippen MR) is 65.7 cm³/mol. The maximum absolute atomic E-state index is 11.8. The number of carbonyl (C=O) groups excluding carboxylic acids is 2. The van der Waals surface area contributed by atoms with E-state index in [-0.39, 0.29) is 6.61 Å². The van der Waals surface area contributed by atoms with Gasteiger partial charge in [0.1, 0.15) is 0 Å². The third-order valence-corrected chi connectivity index (χ3v) is 2.68. The van der Waals surface area contributed by atoms with E-state index in [9.17, 15) is 9.59 Å². The van der Waals surface area contributed by atoms with Gasteiger partial charge in [0.25, 0.3) is 0 Å². The predicted octanol–water partition coefficient (Wildman–Crippen LogP) is 1.97. The Labute approximate surface area is 106 Å². The van der Waals surface area contributed by atoms with Crippen LogP contribution in [-0.2, 0) is 9.47 Å². The zero-order valence-electron chi connectivity index (χ0n) is 11.3. The number of methoxy groups -OCH3 is 1. The van der Waals surface area contributed by atoms with E-state index < -0.39 is 11.9 Å². The van der Waals surface area contributed by atoms with E-state index >= 15 is 0 Å². The fourth-order valence-corrected chi connectivity index (χ4v) is 1.94. The largest absolute Gasteiger partial charge is 0.465 e. The molecule has 0 saturated carbocycles. The molecule has 1 aromatic heterocycles. The van der Waals surface area contributed by atoms with Gasteiger partial charge in [-0.05, 0) is 33.3 Å². The van der Waals surface area contributed by atoms with Crippen molar-refractivity contribution in [3.05, 3.63) is 28.1 Å². The Morgan fingerprint density at radius 2 is 1.56 bits per heavy atom. The summed E-state index contributed by atoms with van der Waals surface area (Å²) in [4.78, 5) is 27.7. The molecular formula is C13H17NO4. The number of carbonyl (C=O) groups is 2. The van der Waals surface area contributed by atoms with Gasteiger partial charge in [-0.15, -0.1) is 0 Å². The van der Waals surface area contributed by atoms with Crippen molar-refractivity contribution in [1.29, 1.82) is 0 Å². The molecule has 0 amide bonds. The Morgan fingerprint density at radius 1 is 1.06 bits per heavy atom. The normalized spacial score (nSPS) is 10.1. The van der Waals surface area contributed by atoms with Crippen molar-refractivity contribution >= 4 is 11.9 Å². The third-order valence-electron chi connectivity index (χ3n) is 2.68. The molecule has 0 aliphatic heterocycles. The molecule has 1 aromatic rings. The lowest BCUT2D eigenvalue weighted by atomic mass is 10.00. The fraction of sp³-hybridized carbons (Fsp3) is 0.462. The average Bonchev–Trinajstić information content (AvgIpc) is 2.28. The van der Waals surface area contributed by atoms with Gasteiger partial charge in [0.2, 0.25) is 0 Å². The van der Waals surface area contributed by atoms with E-state index in [1.165, 1.54) is 7.11 Å². The number of esters is 2. The molecule has 0 bridgehead atoms. The van der Waals surface area contributed by atoms with Crippen molar-refractivity contribution in [3.63, 3.8) is 0 Å². The Morgan fingerprint density at radius 3 is 2.00 bits per heavy atom. The number of pyridine rings is 1. The molecule has 0 aromatic carbocycles. The standard InChI is InChI=1S/C13H17NO4/c1-6-18-13(16)11-7(2)10(12(15)17-5)8(3)14-9(11)4/h6H2,1-5H3. The van der Waals surface area contributed by atoms with Gasteiger partial charge in [0.15, 0.2) is 0 Å². The maximum atomic E-state index is 11.8. The molecule has 0 aliphatic rings. The molecule has 0 aliphatic carbocycles. The Bertz CT molecular complexity index is 494. The van der Waals surface area contributed by atoms with Crippen LogP contribution in [0.25, 0.3) is 0 Å². The first kappa shape index (κ1) is 14.2. The highest BCUT2D eigenvalue weighted by molar-refractivity contribution is 5.99. The maximum Gasteiger partial charge on any atom is 0.340 e. The second-order valence-corrected chi connectivity index (χ2v) is 3.87. The van der Waals surface area contributed by atoms with Crippen molar-refractivity contribution in [2.24, 2.45) is 0 Å². The third kappa shape index (κ3) is 2.50. The molecule has 0 spiro atoms. The summed E-state index contributed by atoms with van der Waals surface area (Å²) in [6.45, 7) is 7.12. The first-order chi connectivity index (χ1) is 8.43. The van der Waals surface area contributed by atoms with Crippen LogP contribution >= 0.6 is 0 Å². The number of hydrogen-bond donors (Lipinski definition) is 0. The van der Waals surface area contributed by atoms with Crippen LogP contribution in [0.3, 0.4) is 0 Å². The van der Waals surface area contributed by atoms with E-state index in [4.69, 9.17) is 9.47 Å². The molecule has 1 heterocycles. The number of hydrogen-bond acceptors (Lipinski definition) is 5. The lowest BCUT2D eigenvalue weighted by Crippen LogP contribution is -2.16. The monoisotopic (exact) mass is 251 g/mol. The number of aromatic nitrogens is 1. The minimum absolute atomic E-state index is 0.277. The van der Waals surface area contributed by atoms with Crippen molar-refractivity contribution in [2.45, 2.75) is 27.7 Å². The summed E-state index contributed by atoms with van der Waals surface area (Å²) in [5.41, 5.74) is 2.31. The molecule has 0 N–H and O–H groups in total. The van der Waals surface area contributed by atoms with Gasteiger partial charge in [-0.2, -0.15) is 0 Å². The van der Waals surface area contributed by atoms with Crippen LogP contribution in [0, 0.1) is 20.8 Å². The van der Waals surface area contributed by atoms with E-state index in [2.05, 4.69) is 4.98 Å². The number of ether oxygens (including phenoxy) is 2. The molecule has 1 rings (SSSR count). The summed E-state index contributed by atoms with van der Waals surface area (Å²) in [5, 5.41) is 0. The highest BCUT2D eigenvalue weighted by Gasteiger charge is 2.23. The zero-order chi connectivity index (χ0) is 13.9. The summed E-state index contributed by atoms with van der Waals surface area (Å²) < 4.78 is 9.67. The number of rotatable bonds is 3. The zero-order valence-corrected chi connectivity index (χ0v) is 11.3. The van der Waals surface area contributed by atoms with Gasteiger partial charge < -0.3 is 9.47 Å². The molecule has 18 heavy (non-hydrogen) atoms. The van der Waals surface area contributed by atoms with Crippen LogP contribution in [0.5, 0.6) is 0 Å². The lowest BCUT2D eigenvalue weighted by molar-refractivity contribution is 0.0524. The van der Waals surface area contributed by atoms with Crippen LogP contribution in [-0.4, -0.2) is 30.6 Å². The molecule has 0 atom stereocenters. The van der Waals surface area contributed by atoms with E-state index in [1.54, 1.807) is 27.7 Å². The molecule has 5 nitrogen and oxygen atoms in total. The molecule has 0 radical (unpaired) electrons. The Balaban J connectivity index is 3.44. The van der Waals surface area contributed by atoms with Crippen molar-refractivity contribution < 1.29 is 19.1 Å². The number of aryl methyl sites for hydroxylation is 2. The van der Waals surface area contributed by atoms with Crippen LogP contribution < -0.4 is 0 Å². The van der Waals surface area contributed by atoms with Crippen LogP contribution in [0.4, 0.5) is 0 Å². The van der Waals surface area contributed by atoms with E-state index in [0.29, 0.717) is 28.1 Å². The Hall–Kier alpha value is -1.91. The average molecular weight is 251 g/mol. The van der Waals surface area contributed by atoms with Crippen LogP contribution in [0.1, 0.15) is 44.6 Å². The van der Waals surface area contributed by atoms with Gasteiger partial charge in [-0.1, -0.05) is 0 Å². The summed E-state index contributed by atoms with van der Waals surface area (Å²) in [5.74, 6) is -0.965. The SMILES string of the molecule is CCOC(=O)c1c(C)nc(C)c(C(=O)OC)c1C. The molecule has 5 heteroatoms. The van der Waals surface area contributed by atoms with Gasteiger partial charge in [-0.25, -0.2) is 9.59 Å². The van der Waals surface area contributed by atoms with Gasteiger partial charge in [0.05, 0.1) is 36.2 Å².